The molecule has 2 fully saturated rings. The molecule has 0 saturated carbocycles. The number of nitrogens with zero attached hydrogens (tertiary/aromatic N) is 6. The maximum Gasteiger partial charge on any atom is 0.134 e. The van der Waals surface area contributed by atoms with Crippen LogP contribution < -0.4 is 9.80 Å². The van der Waals surface area contributed by atoms with Gasteiger partial charge in [0.25, 0.3) is 0 Å². The van der Waals surface area contributed by atoms with E-state index in [-0.39, 0.29) is 12.1 Å². The van der Waals surface area contributed by atoms with Gasteiger partial charge in [-0.15, -0.1) is 0 Å². The number of β-amino-alcohol motifs (C(OH)–C–C–N with tert-alkyl or cyclic N) is 1. The summed E-state index contributed by atoms with van der Waals surface area (Å²) in [5.74, 6) is 2.41. The number of likely N-dealkylation sites (N-methyl/N-ethyl adjacent to an activating group) is 1. The summed E-state index contributed by atoms with van der Waals surface area (Å²) < 4.78 is 0. The highest BCUT2D eigenvalue weighted by atomic mass is 16.3. The van der Waals surface area contributed by atoms with Crippen molar-refractivity contribution in [1.82, 2.24) is 25.1 Å². The Labute approximate surface area is 166 Å². The molecule has 0 aliphatic carbocycles. The minimum absolute atomic E-state index is 0.279. The molecule has 2 saturated heterocycles. The zero-order valence-electron chi connectivity index (χ0n) is 17.0. The maximum atomic E-state index is 10.2. The van der Waals surface area contributed by atoms with Crippen LogP contribution in [0.2, 0.25) is 0 Å². The van der Waals surface area contributed by atoms with Crippen LogP contribution in [0.3, 0.4) is 0 Å². The first kappa shape index (κ1) is 19.1. The van der Waals surface area contributed by atoms with Gasteiger partial charge in [-0.25, -0.2) is 9.97 Å². The highest BCUT2D eigenvalue weighted by molar-refractivity contribution is 5.52. The van der Waals surface area contributed by atoms with Crippen LogP contribution in [-0.2, 0) is 0 Å². The molecule has 0 aromatic carbocycles. The van der Waals surface area contributed by atoms with Crippen molar-refractivity contribution in [2.45, 2.75) is 44.2 Å². The molecule has 2 atom stereocenters. The lowest BCUT2D eigenvalue weighted by atomic mass is 9.93. The number of aryl methyl sites for hydroxylation is 1. The zero-order chi connectivity index (χ0) is 19.7. The summed E-state index contributed by atoms with van der Waals surface area (Å²) in [4.78, 5) is 15.8. The van der Waals surface area contributed by atoms with E-state index in [9.17, 15) is 5.11 Å². The molecule has 8 heteroatoms. The molecule has 2 aliphatic heterocycles. The number of H-pyrrole nitrogens is 1. The fourth-order valence-corrected chi connectivity index (χ4v) is 4.49. The van der Waals surface area contributed by atoms with Gasteiger partial charge < -0.3 is 19.8 Å². The Balaban J connectivity index is 1.44. The predicted octanol–water partition coefficient (Wildman–Crippen LogP) is 1.39. The number of hydrogen-bond donors (Lipinski definition) is 2. The van der Waals surface area contributed by atoms with Gasteiger partial charge in [-0.05, 0) is 46.3 Å². The van der Waals surface area contributed by atoms with Crippen LogP contribution in [0.4, 0.5) is 11.6 Å². The van der Waals surface area contributed by atoms with Gasteiger partial charge in [0.1, 0.15) is 18.0 Å². The SMILES string of the molecule is Cc1cc(C2CCN(c3cc(N4C[C@H](O)C[C@@H]4CN(C)C)ncn3)CC2)n[nH]1. The van der Waals surface area contributed by atoms with Crippen LogP contribution in [0.25, 0.3) is 0 Å². The second-order valence-corrected chi connectivity index (χ2v) is 8.43. The standard InChI is InChI=1S/C20H31N7O/c1-14-8-18(24-23-14)15-4-6-26(7-5-15)19-10-20(22-13-21-19)27-12-17(28)9-16(27)11-25(2)3/h8,10,13,15-17,28H,4-7,9,11-12H2,1-3H3,(H,23,24)/t16-,17-/m1/s1. The van der Waals surface area contributed by atoms with Crippen LogP contribution in [0, 0.1) is 6.92 Å². The lowest BCUT2D eigenvalue weighted by molar-refractivity contribution is 0.191. The average molecular weight is 386 g/mol. The Kier molecular flexibility index (Phi) is 5.50. The third-order valence-corrected chi connectivity index (χ3v) is 5.86. The van der Waals surface area contributed by atoms with Crippen molar-refractivity contribution in [2.75, 3.05) is 50.1 Å². The van der Waals surface area contributed by atoms with Gasteiger partial charge in [-0.3, -0.25) is 5.10 Å². The number of anilines is 2. The number of aliphatic hydroxyl groups is 1. The fourth-order valence-electron chi connectivity index (χ4n) is 4.49. The molecule has 0 amide bonds. The second-order valence-electron chi connectivity index (χ2n) is 8.43. The first-order chi connectivity index (χ1) is 13.5. The van der Waals surface area contributed by atoms with Crippen LogP contribution >= 0.6 is 0 Å². The van der Waals surface area contributed by atoms with Crippen molar-refractivity contribution >= 4 is 11.6 Å². The second kappa shape index (κ2) is 8.05. The molecule has 0 bridgehead atoms. The topological polar surface area (TPSA) is 84.4 Å². The summed E-state index contributed by atoms with van der Waals surface area (Å²) in [5.41, 5.74) is 2.30. The molecule has 0 unspecified atom stereocenters. The first-order valence-electron chi connectivity index (χ1n) is 10.2. The smallest absolute Gasteiger partial charge is 0.134 e. The molecule has 2 aromatic heterocycles. The number of nitrogens with one attached hydrogen (secondary N) is 1. The molecule has 4 heterocycles. The van der Waals surface area contributed by atoms with Crippen LogP contribution in [0.1, 0.15) is 36.6 Å². The fraction of sp³-hybridized carbons (Fsp3) is 0.650. The van der Waals surface area contributed by atoms with Crippen molar-refractivity contribution in [3.63, 3.8) is 0 Å². The van der Waals surface area contributed by atoms with Crippen molar-refractivity contribution in [1.29, 1.82) is 0 Å². The summed E-state index contributed by atoms with van der Waals surface area (Å²) >= 11 is 0. The molecule has 4 rings (SSSR count). The summed E-state index contributed by atoms with van der Waals surface area (Å²) in [6.45, 7) is 5.53. The number of aromatic amines is 1. The number of aromatic nitrogens is 4. The maximum absolute atomic E-state index is 10.2. The number of piperidine rings is 1. The van der Waals surface area contributed by atoms with E-state index in [1.54, 1.807) is 6.33 Å². The van der Waals surface area contributed by atoms with E-state index < -0.39 is 0 Å². The monoisotopic (exact) mass is 385 g/mol. The van der Waals surface area contributed by atoms with Gasteiger partial charge >= 0.3 is 0 Å². The number of aliphatic hydroxyl groups excluding tert-OH is 1. The quantitative estimate of drug-likeness (QED) is 0.805. The van der Waals surface area contributed by atoms with E-state index in [0.717, 1.165) is 56.2 Å². The Morgan fingerprint density at radius 1 is 1.18 bits per heavy atom. The summed E-state index contributed by atoms with van der Waals surface area (Å²) in [5, 5.41) is 17.7. The largest absolute Gasteiger partial charge is 0.391 e. The molecular formula is C20H31N7O. The molecule has 28 heavy (non-hydrogen) atoms. The molecular weight excluding hydrogens is 354 g/mol. The molecule has 2 aliphatic rings. The summed E-state index contributed by atoms with van der Waals surface area (Å²) in [6.07, 6.45) is 4.30. The van der Waals surface area contributed by atoms with Crippen molar-refractivity contribution in [3.05, 3.63) is 29.8 Å². The van der Waals surface area contributed by atoms with E-state index in [1.807, 2.05) is 6.92 Å². The van der Waals surface area contributed by atoms with Crippen molar-refractivity contribution in [3.8, 4) is 0 Å². The van der Waals surface area contributed by atoms with E-state index in [2.05, 4.69) is 61.1 Å². The first-order valence-corrected chi connectivity index (χ1v) is 10.2. The third-order valence-electron chi connectivity index (χ3n) is 5.86. The highest BCUT2D eigenvalue weighted by Crippen LogP contribution is 2.31. The average Bonchev–Trinajstić information content (AvgIpc) is 3.27. The molecule has 0 radical (unpaired) electrons. The van der Waals surface area contributed by atoms with Crippen molar-refractivity contribution < 1.29 is 5.11 Å². The lowest BCUT2D eigenvalue weighted by Gasteiger charge is -2.33. The molecule has 152 valence electrons. The van der Waals surface area contributed by atoms with Gasteiger partial charge in [0, 0.05) is 49.9 Å². The predicted molar refractivity (Wildman–Crippen MR) is 110 cm³/mol. The minimum atomic E-state index is -0.295. The van der Waals surface area contributed by atoms with E-state index in [4.69, 9.17) is 0 Å². The molecule has 0 spiro atoms. The number of rotatable bonds is 5. The van der Waals surface area contributed by atoms with Crippen LogP contribution in [0.15, 0.2) is 18.5 Å². The minimum Gasteiger partial charge on any atom is -0.391 e. The van der Waals surface area contributed by atoms with E-state index >= 15 is 0 Å². The van der Waals surface area contributed by atoms with E-state index in [0.29, 0.717) is 12.5 Å². The molecule has 2 aromatic rings. The molecule has 2 N–H and O–H groups in total. The summed E-state index contributed by atoms with van der Waals surface area (Å²) in [6, 6.07) is 4.52. The van der Waals surface area contributed by atoms with Gasteiger partial charge in [0.2, 0.25) is 0 Å². The third kappa shape index (κ3) is 4.12. The Morgan fingerprint density at radius 3 is 2.61 bits per heavy atom. The van der Waals surface area contributed by atoms with Gasteiger partial charge in [-0.2, -0.15) is 5.10 Å². The molecule has 8 nitrogen and oxygen atoms in total. The van der Waals surface area contributed by atoms with Crippen LogP contribution in [0.5, 0.6) is 0 Å². The zero-order valence-corrected chi connectivity index (χ0v) is 17.0. The van der Waals surface area contributed by atoms with Crippen LogP contribution in [-0.4, -0.2) is 82.6 Å². The van der Waals surface area contributed by atoms with E-state index in [1.165, 1.54) is 5.69 Å². The lowest BCUT2D eigenvalue weighted by Crippen LogP contribution is -2.38. The summed E-state index contributed by atoms with van der Waals surface area (Å²) in [7, 11) is 4.14. The van der Waals surface area contributed by atoms with Gasteiger partial charge in [0.05, 0.1) is 11.8 Å². The Morgan fingerprint density at radius 2 is 1.93 bits per heavy atom. The van der Waals surface area contributed by atoms with Crippen molar-refractivity contribution in [2.24, 2.45) is 0 Å². The van der Waals surface area contributed by atoms with Gasteiger partial charge in [-0.1, -0.05) is 0 Å². The van der Waals surface area contributed by atoms with Gasteiger partial charge in [0.15, 0.2) is 0 Å². The normalized spacial score (nSPS) is 23.8. The Bertz CT molecular complexity index is 784. The Hall–Kier alpha value is -2.19. The number of hydrogen-bond acceptors (Lipinski definition) is 7. The highest BCUT2D eigenvalue weighted by Gasteiger charge is 2.32.